The van der Waals surface area contributed by atoms with Crippen molar-refractivity contribution in [3.05, 3.63) is 41.8 Å². The normalized spacial score (nSPS) is 17.8. The van der Waals surface area contributed by atoms with E-state index in [0.29, 0.717) is 31.0 Å². The Labute approximate surface area is 150 Å². The molecule has 2 aromatic rings. The summed E-state index contributed by atoms with van der Waals surface area (Å²) in [6, 6.07) is 7.55. The van der Waals surface area contributed by atoms with Gasteiger partial charge in [0.15, 0.2) is 0 Å². The van der Waals surface area contributed by atoms with Gasteiger partial charge in [-0.1, -0.05) is 0 Å². The van der Waals surface area contributed by atoms with Crippen LogP contribution in [0.1, 0.15) is 23.3 Å². The molecule has 2 amide bonds. The lowest BCUT2D eigenvalue weighted by molar-refractivity contribution is -0.123. The van der Waals surface area contributed by atoms with Crippen molar-refractivity contribution in [1.82, 2.24) is 20.4 Å². The molecule has 138 valence electrons. The molecule has 1 aromatic carbocycles. The number of H-pyrrole nitrogens is 1. The van der Waals surface area contributed by atoms with E-state index in [1.54, 1.807) is 18.2 Å². The number of nitrogens with one attached hydrogen (secondary N) is 2. The van der Waals surface area contributed by atoms with Gasteiger partial charge in [-0.3, -0.25) is 14.7 Å². The first-order chi connectivity index (χ1) is 12.5. The quantitative estimate of drug-likeness (QED) is 0.719. The van der Waals surface area contributed by atoms with E-state index in [0.717, 1.165) is 24.9 Å². The van der Waals surface area contributed by atoms with E-state index in [1.807, 2.05) is 0 Å². The SMILES string of the molecule is NC(=O)C1CCCN(CCNC(=O)c2cc(-c3ccc(F)cc3)n[nH]2)C1. The van der Waals surface area contributed by atoms with Gasteiger partial charge in [0.1, 0.15) is 11.5 Å². The van der Waals surface area contributed by atoms with Gasteiger partial charge < -0.3 is 16.0 Å². The molecule has 0 aliphatic carbocycles. The second-order valence-corrected chi connectivity index (χ2v) is 6.47. The highest BCUT2D eigenvalue weighted by molar-refractivity contribution is 5.93. The maximum atomic E-state index is 13.0. The summed E-state index contributed by atoms with van der Waals surface area (Å²) in [5.74, 6) is -0.942. The summed E-state index contributed by atoms with van der Waals surface area (Å²) in [6.45, 7) is 2.67. The largest absolute Gasteiger partial charge is 0.369 e. The zero-order chi connectivity index (χ0) is 18.5. The molecule has 8 heteroatoms. The number of primary amides is 1. The third kappa shape index (κ3) is 4.45. The maximum absolute atomic E-state index is 13.0. The lowest BCUT2D eigenvalue weighted by Crippen LogP contribution is -2.44. The van der Waals surface area contributed by atoms with E-state index in [4.69, 9.17) is 5.73 Å². The molecule has 0 bridgehead atoms. The van der Waals surface area contributed by atoms with Crippen LogP contribution in [0.25, 0.3) is 11.3 Å². The standard InChI is InChI=1S/C18H22FN5O2/c19-14-5-3-12(4-6-14)15-10-16(23-22-15)18(26)21-7-9-24-8-1-2-13(11-24)17(20)25/h3-6,10,13H,1-2,7-9,11H2,(H2,20,25)(H,21,26)(H,22,23). The zero-order valence-corrected chi connectivity index (χ0v) is 14.4. The third-order valence-corrected chi connectivity index (χ3v) is 4.58. The van der Waals surface area contributed by atoms with Gasteiger partial charge in [0, 0.05) is 25.2 Å². The van der Waals surface area contributed by atoms with Crippen LogP contribution in [0.15, 0.2) is 30.3 Å². The monoisotopic (exact) mass is 359 g/mol. The summed E-state index contributed by atoms with van der Waals surface area (Å²) in [5.41, 5.74) is 7.03. The fourth-order valence-corrected chi connectivity index (χ4v) is 3.12. The van der Waals surface area contributed by atoms with Gasteiger partial charge in [0.25, 0.3) is 5.91 Å². The number of likely N-dealkylation sites (tertiary alicyclic amines) is 1. The van der Waals surface area contributed by atoms with Crippen LogP contribution in [-0.2, 0) is 4.79 Å². The summed E-state index contributed by atoms with van der Waals surface area (Å²) in [4.78, 5) is 25.7. The van der Waals surface area contributed by atoms with Gasteiger partial charge in [-0.15, -0.1) is 0 Å². The van der Waals surface area contributed by atoms with Crippen molar-refractivity contribution in [3.8, 4) is 11.3 Å². The molecule has 1 fully saturated rings. The molecule has 1 unspecified atom stereocenters. The molecule has 1 aromatic heterocycles. The second kappa shape index (κ2) is 8.09. The number of aromatic amines is 1. The molecule has 7 nitrogen and oxygen atoms in total. The Balaban J connectivity index is 1.49. The Morgan fingerprint density at radius 1 is 1.35 bits per heavy atom. The minimum absolute atomic E-state index is 0.106. The number of rotatable bonds is 6. The average Bonchev–Trinajstić information content (AvgIpc) is 3.13. The summed E-state index contributed by atoms with van der Waals surface area (Å²) in [5, 5.41) is 9.63. The van der Waals surface area contributed by atoms with Gasteiger partial charge >= 0.3 is 0 Å². The van der Waals surface area contributed by atoms with Gasteiger partial charge in [-0.2, -0.15) is 5.10 Å². The summed E-state index contributed by atoms with van der Waals surface area (Å²) in [7, 11) is 0. The van der Waals surface area contributed by atoms with Crippen LogP contribution >= 0.6 is 0 Å². The van der Waals surface area contributed by atoms with Crippen molar-refractivity contribution in [1.29, 1.82) is 0 Å². The fourth-order valence-electron chi connectivity index (χ4n) is 3.12. The lowest BCUT2D eigenvalue weighted by Gasteiger charge is -2.30. The highest BCUT2D eigenvalue weighted by Crippen LogP contribution is 2.18. The molecule has 1 aliphatic rings. The van der Waals surface area contributed by atoms with Crippen molar-refractivity contribution >= 4 is 11.8 Å². The molecule has 26 heavy (non-hydrogen) atoms. The molecule has 1 aliphatic heterocycles. The number of hydrogen-bond donors (Lipinski definition) is 3. The fraction of sp³-hybridized carbons (Fsp3) is 0.389. The lowest BCUT2D eigenvalue weighted by atomic mass is 9.97. The van der Waals surface area contributed by atoms with Crippen molar-refractivity contribution in [2.75, 3.05) is 26.2 Å². The predicted octanol–water partition coefficient (Wildman–Crippen LogP) is 1.14. The van der Waals surface area contributed by atoms with Crippen molar-refractivity contribution in [2.24, 2.45) is 11.7 Å². The summed E-state index contributed by atoms with van der Waals surface area (Å²) < 4.78 is 13.0. The number of piperidine rings is 1. The molecular weight excluding hydrogens is 337 g/mol. The highest BCUT2D eigenvalue weighted by Gasteiger charge is 2.23. The molecule has 2 heterocycles. The Kier molecular flexibility index (Phi) is 5.62. The molecule has 0 spiro atoms. The number of carbonyl (C=O) groups excluding carboxylic acids is 2. The molecule has 1 atom stereocenters. The first-order valence-corrected chi connectivity index (χ1v) is 8.64. The number of hydrogen-bond acceptors (Lipinski definition) is 4. The van der Waals surface area contributed by atoms with E-state index in [9.17, 15) is 14.0 Å². The van der Waals surface area contributed by atoms with E-state index in [-0.39, 0.29) is 23.5 Å². The maximum Gasteiger partial charge on any atom is 0.269 e. The summed E-state index contributed by atoms with van der Waals surface area (Å²) >= 11 is 0. The van der Waals surface area contributed by atoms with Crippen LogP contribution in [0.5, 0.6) is 0 Å². The number of carbonyl (C=O) groups is 2. The topological polar surface area (TPSA) is 104 Å². The molecule has 0 radical (unpaired) electrons. The van der Waals surface area contributed by atoms with Crippen LogP contribution in [0.3, 0.4) is 0 Å². The van der Waals surface area contributed by atoms with Gasteiger partial charge in [0.2, 0.25) is 5.91 Å². The second-order valence-electron chi connectivity index (χ2n) is 6.47. The molecule has 3 rings (SSSR count). The molecule has 4 N–H and O–H groups in total. The number of benzene rings is 1. The Bertz CT molecular complexity index is 774. The molecular formula is C18H22FN5O2. The number of aromatic nitrogens is 2. The number of nitrogens with two attached hydrogens (primary N) is 1. The Morgan fingerprint density at radius 3 is 2.85 bits per heavy atom. The van der Waals surface area contributed by atoms with E-state index < -0.39 is 0 Å². The van der Waals surface area contributed by atoms with Crippen molar-refractivity contribution in [2.45, 2.75) is 12.8 Å². The van der Waals surface area contributed by atoms with Crippen molar-refractivity contribution in [3.63, 3.8) is 0 Å². The third-order valence-electron chi connectivity index (χ3n) is 4.58. The van der Waals surface area contributed by atoms with Crippen LogP contribution < -0.4 is 11.1 Å². The minimum atomic E-state index is -0.321. The number of halogens is 1. The molecule has 1 saturated heterocycles. The van der Waals surface area contributed by atoms with E-state index >= 15 is 0 Å². The van der Waals surface area contributed by atoms with Crippen LogP contribution in [0.4, 0.5) is 4.39 Å². The number of nitrogens with zero attached hydrogens (tertiary/aromatic N) is 2. The Morgan fingerprint density at radius 2 is 2.12 bits per heavy atom. The smallest absolute Gasteiger partial charge is 0.269 e. The molecule has 0 saturated carbocycles. The van der Waals surface area contributed by atoms with E-state index in [1.165, 1.54) is 12.1 Å². The first-order valence-electron chi connectivity index (χ1n) is 8.64. The zero-order valence-electron chi connectivity index (χ0n) is 14.4. The van der Waals surface area contributed by atoms with Gasteiger partial charge in [-0.05, 0) is 49.7 Å². The number of amides is 2. The van der Waals surface area contributed by atoms with Gasteiger partial charge in [0.05, 0.1) is 11.6 Å². The van der Waals surface area contributed by atoms with Gasteiger partial charge in [-0.25, -0.2) is 4.39 Å². The minimum Gasteiger partial charge on any atom is -0.369 e. The first kappa shape index (κ1) is 18.1. The van der Waals surface area contributed by atoms with E-state index in [2.05, 4.69) is 20.4 Å². The van der Waals surface area contributed by atoms with Crippen LogP contribution in [0.2, 0.25) is 0 Å². The Hall–Kier alpha value is -2.74. The highest BCUT2D eigenvalue weighted by atomic mass is 19.1. The van der Waals surface area contributed by atoms with Crippen molar-refractivity contribution < 1.29 is 14.0 Å². The van der Waals surface area contributed by atoms with Crippen LogP contribution in [-0.4, -0.2) is 53.1 Å². The van der Waals surface area contributed by atoms with Crippen LogP contribution in [0, 0.1) is 11.7 Å². The average molecular weight is 359 g/mol. The predicted molar refractivity (Wildman–Crippen MR) is 94.7 cm³/mol. The summed E-state index contributed by atoms with van der Waals surface area (Å²) in [6.07, 6.45) is 1.77.